The van der Waals surface area contributed by atoms with E-state index in [4.69, 9.17) is 0 Å². The summed E-state index contributed by atoms with van der Waals surface area (Å²) in [6, 6.07) is 9.56. The topological polar surface area (TPSA) is 69.6 Å². The van der Waals surface area contributed by atoms with Crippen molar-refractivity contribution in [1.82, 2.24) is 4.90 Å². The van der Waals surface area contributed by atoms with Crippen LogP contribution in [0.4, 0.5) is 5.69 Å². The average molecular weight is 344 g/mol. The van der Waals surface area contributed by atoms with Gasteiger partial charge in [-0.2, -0.15) is 0 Å². The molecule has 3 rings (SSSR count). The molecular weight excluding hydrogens is 324 g/mol. The van der Waals surface area contributed by atoms with E-state index in [0.29, 0.717) is 31.6 Å². The summed E-state index contributed by atoms with van der Waals surface area (Å²) in [4.78, 5) is 27.1. The molecule has 1 aromatic heterocycles. The second kappa shape index (κ2) is 7.15. The van der Waals surface area contributed by atoms with Crippen LogP contribution in [0.3, 0.4) is 0 Å². The molecular formula is C18H20N2O3S. The van der Waals surface area contributed by atoms with Gasteiger partial charge in [-0.05, 0) is 54.5 Å². The first kappa shape index (κ1) is 16.7. The van der Waals surface area contributed by atoms with Crippen LogP contribution < -0.4 is 5.32 Å². The first-order valence-corrected chi connectivity index (χ1v) is 8.85. The number of carbonyl (C=O) groups excluding carboxylic acids is 2. The van der Waals surface area contributed by atoms with Crippen molar-refractivity contribution in [3.05, 3.63) is 41.3 Å². The number of nitrogens with zero attached hydrogens (tertiary/aromatic N) is 1. The summed E-state index contributed by atoms with van der Waals surface area (Å²) in [5, 5.41) is 14.2. The highest BCUT2D eigenvalue weighted by atomic mass is 32.1. The van der Waals surface area contributed by atoms with Crippen molar-refractivity contribution in [2.75, 3.05) is 18.4 Å². The molecule has 1 aliphatic heterocycles. The number of rotatable bonds is 2. The number of aliphatic hydroxyl groups is 1. The first-order chi connectivity index (χ1) is 11.5. The molecule has 0 spiro atoms. The lowest BCUT2D eigenvalue weighted by atomic mass is 10.1. The molecule has 0 unspecified atom stereocenters. The number of hydrogen-bond acceptors (Lipinski definition) is 4. The van der Waals surface area contributed by atoms with Gasteiger partial charge in [0.25, 0.3) is 0 Å². The molecule has 2 aromatic rings. The molecule has 0 saturated carbocycles. The van der Waals surface area contributed by atoms with Crippen molar-refractivity contribution in [3.8, 4) is 10.4 Å². The van der Waals surface area contributed by atoms with Crippen molar-refractivity contribution < 1.29 is 14.7 Å². The van der Waals surface area contributed by atoms with E-state index >= 15 is 0 Å². The fourth-order valence-electron chi connectivity index (χ4n) is 2.80. The molecule has 1 fully saturated rings. The molecule has 2 heterocycles. The zero-order valence-corrected chi connectivity index (χ0v) is 14.3. The van der Waals surface area contributed by atoms with E-state index in [9.17, 15) is 14.7 Å². The molecule has 0 aliphatic carbocycles. The molecule has 6 heteroatoms. The Kier molecular flexibility index (Phi) is 4.97. The highest BCUT2D eigenvalue weighted by Gasteiger charge is 2.26. The van der Waals surface area contributed by atoms with Crippen molar-refractivity contribution in [3.63, 3.8) is 0 Å². The number of carbonyl (C=O) groups is 2. The lowest BCUT2D eigenvalue weighted by molar-refractivity contribution is -0.144. The van der Waals surface area contributed by atoms with E-state index < -0.39 is 11.8 Å². The molecule has 126 valence electrons. The van der Waals surface area contributed by atoms with Crippen molar-refractivity contribution in [2.45, 2.75) is 25.9 Å². The van der Waals surface area contributed by atoms with Gasteiger partial charge in [0.1, 0.15) is 0 Å². The maximum atomic E-state index is 12.2. The van der Waals surface area contributed by atoms with Crippen LogP contribution in [-0.4, -0.2) is 41.0 Å². The standard InChI is InChI=1S/C18H20N2O3S/c1-12-7-10-24-16(12)13-3-2-4-14(11-13)19-17(22)18(23)20-8-5-15(21)6-9-20/h2-4,7,10-11,15,21H,5-6,8-9H2,1H3,(H,19,22). The molecule has 5 nitrogen and oxygen atoms in total. The number of aryl methyl sites for hydroxylation is 1. The fraction of sp³-hybridized carbons (Fsp3) is 0.333. The zero-order valence-electron chi connectivity index (χ0n) is 13.5. The van der Waals surface area contributed by atoms with E-state index in [2.05, 4.69) is 11.4 Å². The highest BCUT2D eigenvalue weighted by Crippen LogP contribution is 2.30. The summed E-state index contributed by atoms with van der Waals surface area (Å²) >= 11 is 1.65. The molecule has 2 N–H and O–H groups in total. The van der Waals surface area contributed by atoms with E-state index in [1.165, 1.54) is 10.5 Å². The SMILES string of the molecule is Cc1ccsc1-c1cccc(NC(=O)C(=O)N2CCC(O)CC2)c1. The Morgan fingerprint density at radius 1 is 1.25 bits per heavy atom. The maximum absolute atomic E-state index is 12.2. The Bertz CT molecular complexity index is 748. The van der Waals surface area contributed by atoms with Crippen LogP contribution >= 0.6 is 11.3 Å². The van der Waals surface area contributed by atoms with Gasteiger partial charge >= 0.3 is 11.8 Å². The third-order valence-electron chi connectivity index (χ3n) is 4.19. The van der Waals surface area contributed by atoms with Gasteiger partial charge in [0.15, 0.2) is 0 Å². The summed E-state index contributed by atoms with van der Waals surface area (Å²) in [6.07, 6.45) is 0.668. The Hall–Kier alpha value is -2.18. The van der Waals surface area contributed by atoms with Crippen molar-refractivity contribution in [1.29, 1.82) is 0 Å². The van der Waals surface area contributed by atoms with Gasteiger partial charge in [-0.25, -0.2) is 0 Å². The minimum Gasteiger partial charge on any atom is -0.393 e. The van der Waals surface area contributed by atoms with Crippen molar-refractivity contribution >= 4 is 28.8 Å². The summed E-state index contributed by atoms with van der Waals surface area (Å²) in [6.45, 7) is 2.88. The minimum atomic E-state index is -0.633. The van der Waals surface area contributed by atoms with Gasteiger partial charge in [0.05, 0.1) is 6.10 Å². The Morgan fingerprint density at radius 3 is 2.67 bits per heavy atom. The normalized spacial score (nSPS) is 15.3. The third-order valence-corrected chi connectivity index (χ3v) is 5.26. The van der Waals surface area contributed by atoms with Crippen LogP contribution in [-0.2, 0) is 9.59 Å². The number of aliphatic hydroxyl groups excluding tert-OH is 1. The Balaban J connectivity index is 1.68. The van der Waals surface area contributed by atoms with E-state index in [0.717, 1.165) is 10.4 Å². The van der Waals surface area contributed by atoms with Gasteiger partial charge < -0.3 is 15.3 Å². The predicted molar refractivity (Wildman–Crippen MR) is 94.9 cm³/mol. The van der Waals surface area contributed by atoms with Crippen molar-refractivity contribution in [2.24, 2.45) is 0 Å². The quantitative estimate of drug-likeness (QED) is 0.823. The van der Waals surface area contributed by atoms with Crippen LogP contribution in [0.1, 0.15) is 18.4 Å². The zero-order chi connectivity index (χ0) is 17.1. The predicted octanol–water partition coefficient (Wildman–Crippen LogP) is 2.65. The number of thiophene rings is 1. The van der Waals surface area contributed by atoms with Crippen LogP contribution in [0.25, 0.3) is 10.4 Å². The maximum Gasteiger partial charge on any atom is 0.313 e. The second-order valence-electron chi connectivity index (χ2n) is 5.99. The lowest BCUT2D eigenvalue weighted by Gasteiger charge is -2.28. The third kappa shape index (κ3) is 3.66. The number of amides is 2. The van der Waals surface area contributed by atoms with E-state index in [1.807, 2.05) is 30.5 Å². The second-order valence-corrected chi connectivity index (χ2v) is 6.91. The molecule has 0 radical (unpaired) electrons. The van der Waals surface area contributed by atoms with Gasteiger partial charge in [-0.15, -0.1) is 11.3 Å². The molecule has 0 bridgehead atoms. The number of likely N-dealkylation sites (tertiary alicyclic amines) is 1. The molecule has 1 aliphatic rings. The fourth-order valence-corrected chi connectivity index (χ4v) is 3.73. The summed E-state index contributed by atoms with van der Waals surface area (Å²) in [5.41, 5.74) is 2.82. The molecule has 1 saturated heterocycles. The monoisotopic (exact) mass is 344 g/mol. The number of anilines is 1. The minimum absolute atomic E-state index is 0.372. The molecule has 2 amide bonds. The van der Waals surface area contributed by atoms with Crippen LogP contribution in [0.5, 0.6) is 0 Å². The van der Waals surface area contributed by atoms with Crippen LogP contribution in [0, 0.1) is 6.92 Å². The van der Waals surface area contributed by atoms with Gasteiger partial charge in [-0.1, -0.05) is 12.1 Å². The largest absolute Gasteiger partial charge is 0.393 e. The summed E-state index contributed by atoms with van der Waals surface area (Å²) < 4.78 is 0. The van der Waals surface area contributed by atoms with E-state index in [1.54, 1.807) is 17.4 Å². The highest BCUT2D eigenvalue weighted by molar-refractivity contribution is 7.13. The summed E-state index contributed by atoms with van der Waals surface area (Å²) in [5.74, 6) is -1.17. The summed E-state index contributed by atoms with van der Waals surface area (Å²) in [7, 11) is 0. The lowest BCUT2D eigenvalue weighted by Crippen LogP contribution is -2.45. The smallest absolute Gasteiger partial charge is 0.313 e. The van der Waals surface area contributed by atoms with Gasteiger partial charge in [-0.3, -0.25) is 9.59 Å². The van der Waals surface area contributed by atoms with Crippen LogP contribution in [0.15, 0.2) is 35.7 Å². The van der Waals surface area contributed by atoms with Gasteiger partial charge in [0.2, 0.25) is 0 Å². The number of nitrogens with one attached hydrogen (secondary N) is 1. The Morgan fingerprint density at radius 2 is 2.00 bits per heavy atom. The number of hydrogen-bond donors (Lipinski definition) is 2. The van der Waals surface area contributed by atoms with Gasteiger partial charge in [0, 0.05) is 23.7 Å². The number of benzene rings is 1. The Labute approximate surface area is 144 Å². The molecule has 1 aromatic carbocycles. The van der Waals surface area contributed by atoms with E-state index in [-0.39, 0.29) is 6.10 Å². The molecule has 24 heavy (non-hydrogen) atoms. The first-order valence-electron chi connectivity index (χ1n) is 7.97. The van der Waals surface area contributed by atoms with Crippen LogP contribution in [0.2, 0.25) is 0 Å². The average Bonchev–Trinajstić information content (AvgIpc) is 3.01. The molecule has 0 atom stereocenters. The number of piperidine rings is 1.